The van der Waals surface area contributed by atoms with Gasteiger partial charge in [-0.15, -0.1) is 0 Å². The van der Waals surface area contributed by atoms with E-state index in [-0.39, 0.29) is 0 Å². The van der Waals surface area contributed by atoms with E-state index in [1.54, 1.807) is 13.0 Å². The molecule has 0 saturated carbocycles. The molecule has 2 aromatic rings. The predicted octanol–water partition coefficient (Wildman–Crippen LogP) is 3.08. The monoisotopic (exact) mass is 225 g/mol. The molecule has 0 aliphatic rings. The van der Waals surface area contributed by atoms with Crippen LogP contribution in [0.15, 0.2) is 18.2 Å². The number of aliphatic hydroxyl groups excluding tert-OH is 1. The molecule has 1 aromatic carbocycles. The zero-order valence-electron chi connectivity index (χ0n) is 9.09. The van der Waals surface area contributed by atoms with Crippen LogP contribution in [0.4, 0.5) is 8.78 Å². The molecule has 0 radical (unpaired) electrons. The largest absolute Gasteiger partial charge is 0.382 e. The first-order valence-corrected chi connectivity index (χ1v) is 5.05. The van der Waals surface area contributed by atoms with Gasteiger partial charge in [0, 0.05) is 22.2 Å². The van der Waals surface area contributed by atoms with E-state index < -0.39 is 12.5 Å². The molecule has 0 saturated heterocycles. The SMILES string of the molecule is Cc1ccc2[nH]c(C)c(C(O)C(F)F)c2c1. The minimum atomic E-state index is -2.77. The van der Waals surface area contributed by atoms with Crippen molar-refractivity contribution < 1.29 is 13.9 Å². The molecular weight excluding hydrogens is 212 g/mol. The van der Waals surface area contributed by atoms with Crippen LogP contribution in [0.25, 0.3) is 10.9 Å². The van der Waals surface area contributed by atoms with Gasteiger partial charge in [-0.3, -0.25) is 0 Å². The summed E-state index contributed by atoms with van der Waals surface area (Å²) < 4.78 is 25.1. The first kappa shape index (κ1) is 11.1. The van der Waals surface area contributed by atoms with E-state index >= 15 is 0 Å². The lowest BCUT2D eigenvalue weighted by atomic mass is 10.0. The lowest BCUT2D eigenvalue weighted by Gasteiger charge is -2.09. The quantitative estimate of drug-likeness (QED) is 0.809. The first-order chi connectivity index (χ1) is 7.50. The Bertz CT molecular complexity index is 519. The summed E-state index contributed by atoms with van der Waals surface area (Å²) in [5.41, 5.74) is 2.65. The van der Waals surface area contributed by atoms with Crippen molar-refractivity contribution in [2.24, 2.45) is 0 Å². The number of aromatic nitrogens is 1. The molecule has 0 bridgehead atoms. The van der Waals surface area contributed by atoms with E-state index in [2.05, 4.69) is 4.98 Å². The average molecular weight is 225 g/mol. The third-order valence-corrected chi connectivity index (χ3v) is 2.73. The third kappa shape index (κ3) is 1.69. The Labute approximate surface area is 91.9 Å². The smallest absolute Gasteiger partial charge is 0.268 e. The summed E-state index contributed by atoms with van der Waals surface area (Å²) in [5.74, 6) is 0. The fourth-order valence-electron chi connectivity index (χ4n) is 1.97. The second kappa shape index (κ2) is 3.87. The molecule has 2 rings (SSSR count). The summed E-state index contributed by atoms with van der Waals surface area (Å²) >= 11 is 0. The number of aromatic amines is 1. The van der Waals surface area contributed by atoms with Crippen molar-refractivity contribution in [3.8, 4) is 0 Å². The highest BCUT2D eigenvalue weighted by atomic mass is 19.3. The number of hydrogen-bond acceptors (Lipinski definition) is 1. The molecule has 0 aliphatic carbocycles. The fourth-order valence-corrected chi connectivity index (χ4v) is 1.97. The van der Waals surface area contributed by atoms with Gasteiger partial charge in [-0.1, -0.05) is 11.6 Å². The minimum Gasteiger partial charge on any atom is -0.382 e. The van der Waals surface area contributed by atoms with Gasteiger partial charge >= 0.3 is 0 Å². The summed E-state index contributed by atoms with van der Waals surface area (Å²) in [6.45, 7) is 3.58. The lowest BCUT2D eigenvalue weighted by Crippen LogP contribution is -2.08. The summed E-state index contributed by atoms with van der Waals surface area (Å²) in [6.07, 6.45) is -4.49. The van der Waals surface area contributed by atoms with Crippen LogP contribution in [0.1, 0.15) is 22.9 Å². The van der Waals surface area contributed by atoms with Gasteiger partial charge in [-0.05, 0) is 26.0 Å². The number of alkyl halides is 2. The Balaban J connectivity index is 2.67. The number of rotatable bonds is 2. The number of H-pyrrole nitrogens is 1. The first-order valence-electron chi connectivity index (χ1n) is 5.05. The molecule has 16 heavy (non-hydrogen) atoms. The molecule has 4 heteroatoms. The normalized spacial score (nSPS) is 13.6. The molecule has 1 aromatic heterocycles. The Hall–Kier alpha value is -1.42. The minimum absolute atomic E-state index is 0.300. The highest BCUT2D eigenvalue weighted by Crippen LogP contribution is 2.31. The molecular formula is C12H13F2NO. The zero-order valence-corrected chi connectivity index (χ0v) is 9.09. The molecule has 1 heterocycles. The zero-order chi connectivity index (χ0) is 11.9. The van der Waals surface area contributed by atoms with E-state index in [4.69, 9.17) is 0 Å². The standard InChI is InChI=1S/C12H13F2NO/c1-6-3-4-9-8(5-6)10(7(2)15-9)11(16)12(13)14/h3-5,11-12,15-16H,1-2H3. The van der Waals surface area contributed by atoms with Crippen LogP contribution in [-0.4, -0.2) is 16.5 Å². The van der Waals surface area contributed by atoms with Crippen LogP contribution >= 0.6 is 0 Å². The van der Waals surface area contributed by atoms with Gasteiger partial charge in [0.15, 0.2) is 0 Å². The van der Waals surface area contributed by atoms with Crippen LogP contribution < -0.4 is 0 Å². The van der Waals surface area contributed by atoms with E-state index in [1.807, 2.05) is 19.1 Å². The van der Waals surface area contributed by atoms with Crippen molar-refractivity contribution in [2.75, 3.05) is 0 Å². The second-order valence-corrected chi connectivity index (χ2v) is 3.99. The summed E-state index contributed by atoms with van der Waals surface area (Å²) in [5, 5.41) is 10.2. The lowest BCUT2D eigenvalue weighted by molar-refractivity contribution is -0.00529. The van der Waals surface area contributed by atoms with Crippen LogP contribution in [0, 0.1) is 13.8 Å². The van der Waals surface area contributed by atoms with E-state index in [0.29, 0.717) is 16.6 Å². The number of halogens is 2. The number of nitrogens with one attached hydrogen (secondary N) is 1. The third-order valence-electron chi connectivity index (χ3n) is 2.73. The Kier molecular flexibility index (Phi) is 2.68. The summed E-state index contributed by atoms with van der Waals surface area (Å²) in [6, 6.07) is 5.54. The molecule has 0 fully saturated rings. The second-order valence-electron chi connectivity index (χ2n) is 3.99. The van der Waals surface area contributed by atoms with Gasteiger partial charge in [-0.2, -0.15) is 0 Å². The van der Waals surface area contributed by atoms with Crippen molar-refractivity contribution in [2.45, 2.75) is 26.4 Å². The number of fused-ring (bicyclic) bond motifs is 1. The van der Waals surface area contributed by atoms with Crippen molar-refractivity contribution in [3.05, 3.63) is 35.0 Å². The van der Waals surface area contributed by atoms with E-state index in [9.17, 15) is 13.9 Å². The van der Waals surface area contributed by atoms with Gasteiger partial charge in [0.05, 0.1) is 0 Å². The molecule has 0 spiro atoms. The van der Waals surface area contributed by atoms with Gasteiger partial charge < -0.3 is 10.1 Å². The highest BCUT2D eigenvalue weighted by molar-refractivity contribution is 5.85. The topological polar surface area (TPSA) is 36.0 Å². The molecule has 1 atom stereocenters. The van der Waals surface area contributed by atoms with Crippen LogP contribution in [0.5, 0.6) is 0 Å². The number of hydrogen-bond donors (Lipinski definition) is 2. The fraction of sp³-hybridized carbons (Fsp3) is 0.333. The van der Waals surface area contributed by atoms with Crippen LogP contribution in [-0.2, 0) is 0 Å². The molecule has 2 N–H and O–H groups in total. The molecule has 0 aliphatic heterocycles. The maximum Gasteiger partial charge on any atom is 0.268 e. The Morgan fingerprint density at radius 2 is 1.94 bits per heavy atom. The number of benzene rings is 1. The molecule has 1 unspecified atom stereocenters. The van der Waals surface area contributed by atoms with Gasteiger partial charge in [0.2, 0.25) is 0 Å². The van der Waals surface area contributed by atoms with Gasteiger partial charge in [0.25, 0.3) is 6.43 Å². The van der Waals surface area contributed by atoms with E-state index in [1.165, 1.54) is 0 Å². The predicted molar refractivity (Wildman–Crippen MR) is 58.7 cm³/mol. The molecule has 2 nitrogen and oxygen atoms in total. The number of aliphatic hydroxyl groups is 1. The maximum absolute atomic E-state index is 12.5. The Morgan fingerprint density at radius 3 is 2.56 bits per heavy atom. The van der Waals surface area contributed by atoms with Crippen LogP contribution in [0.2, 0.25) is 0 Å². The molecule has 0 amide bonds. The Morgan fingerprint density at radius 1 is 1.25 bits per heavy atom. The van der Waals surface area contributed by atoms with Crippen molar-refractivity contribution in [1.82, 2.24) is 4.98 Å². The van der Waals surface area contributed by atoms with E-state index in [0.717, 1.165) is 11.1 Å². The van der Waals surface area contributed by atoms with Crippen molar-refractivity contribution >= 4 is 10.9 Å². The van der Waals surface area contributed by atoms with Crippen LogP contribution in [0.3, 0.4) is 0 Å². The summed E-state index contributed by atoms with van der Waals surface area (Å²) in [4.78, 5) is 3.00. The van der Waals surface area contributed by atoms with Crippen molar-refractivity contribution in [1.29, 1.82) is 0 Å². The average Bonchev–Trinajstić information content (AvgIpc) is 2.52. The van der Waals surface area contributed by atoms with Gasteiger partial charge in [-0.25, -0.2) is 8.78 Å². The number of aryl methyl sites for hydroxylation is 2. The highest BCUT2D eigenvalue weighted by Gasteiger charge is 2.24. The molecule has 86 valence electrons. The van der Waals surface area contributed by atoms with Crippen molar-refractivity contribution in [3.63, 3.8) is 0 Å². The summed E-state index contributed by atoms with van der Waals surface area (Å²) in [7, 11) is 0. The maximum atomic E-state index is 12.5. The van der Waals surface area contributed by atoms with Gasteiger partial charge in [0.1, 0.15) is 6.10 Å².